The van der Waals surface area contributed by atoms with Crippen molar-refractivity contribution in [2.45, 2.75) is 11.8 Å². The van der Waals surface area contributed by atoms with Crippen LogP contribution in [-0.2, 0) is 11.8 Å². The Kier molecular flexibility index (Phi) is 3.72. The molecule has 0 radical (unpaired) electrons. The third-order valence-corrected chi connectivity index (χ3v) is 4.01. The largest absolute Gasteiger partial charge is 0.417 e. The van der Waals surface area contributed by atoms with Crippen LogP contribution in [0, 0.1) is 5.82 Å². The van der Waals surface area contributed by atoms with Gasteiger partial charge in [-0.15, -0.1) is 0 Å². The van der Waals surface area contributed by atoms with Crippen LogP contribution in [0.3, 0.4) is 0 Å². The Morgan fingerprint density at radius 3 is 2.30 bits per heavy atom. The van der Waals surface area contributed by atoms with E-state index < -0.39 is 23.2 Å². The Bertz CT molecular complexity index is 727. The average Bonchev–Trinajstić information content (AvgIpc) is 2.44. The second-order valence-corrected chi connectivity index (χ2v) is 5.83. The number of rotatable bonds is 2. The van der Waals surface area contributed by atoms with Crippen LogP contribution in [0.4, 0.5) is 23.4 Å². The summed E-state index contributed by atoms with van der Waals surface area (Å²) in [5.41, 5.74) is -1.61. The summed E-state index contributed by atoms with van der Waals surface area (Å²) in [7, 11) is 0. The predicted octanol–water partition coefficient (Wildman–Crippen LogP) is 3.60. The van der Waals surface area contributed by atoms with Crippen LogP contribution in [0.2, 0.25) is 5.02 Å². The first-order chi connectivity index (χ1) is 10.7. The van der Waals surface area contributed by atoms with E-state index in [-0.39, 0.29) is 23.9 Å². The number of hydrogen-bond acceptors (Lipinski definition) is 3. The molecule has 2 heterocycles. The molecule has 1 aromatic heterocycles. The first-order valence-corrected chi connectivity index (χ1v) is 7.03. The second kappa shape index (κ2) is 5.35. The average molecular weight is 347 g/mol. The lowest BCUT2D eigenvalue weighted by Gasteiger charge is -2.47. The summed E-state index contributed by atoms with van der Waals surface area (Å²) in [6.45, 7) is 0.216. The fourth-order valence-electron chi connectivity index (χ4n) is 2.50. The molecule has 0 amide bonds. The van der Waals surface area contributed by atoms with Gasteiger partial charge in [0.15, 0.2) is 0 Å². The van der Waals surface area contributed by atoms with Crippen molar-refractivity contribution in [1.29, 1.82) is 0 Å². The van der Waals surface area contributed by atoms with Crippen molar-refractivity contribution in [1.82, 2.24) is 4.98 Å². The minimum absolute atomic E-state index is 0.108. The van der Waals surface area contributed by atoms with Crippen LogP contribution < -0.4 is 4.90 Å². The number of aromatic nitrogens is 1. The first-order valence-electron chi connectivity index (χ1n) is 6.65. The van der Waals surface area contributed by atoms with Gasteiger partial charge in [-0.25, -0.2) is 9.37 Å². The minimum atomic E-state index is -4.51. The number of β-amino-alcohol motifs (C(OH)–C–C–N with tert-alkyl or cyclic N) is 1. The van der Waals surface area contributed by atoms with E-state index in [4.69, 9.17) is 11.6 Å². The molecule has 2 aromatic rings. The summed E-state index contributed by atoms with van der Waals surface area (Å²) in [6.07, 6.45) is -3.81. The molecule has 3 nitrogen and oxygen atoms in total. The van der Waals surface area contributed by atoms with E-state index in [1.54, 1.807) is 4.90 Å². The molecule has 0 saturated carbocycles. The lowest BCUT2D eigenvalue weighted by atomic mass is 9.86. The van der Waals surface area contributed by atoms with Crippen molar-refractivity contribution in [2.24, 2.45) is 0 Å². The highest BCUT2D eigenvalue weighted by atomic mass is 35.5. The van der Waals surface area contributed by atoms with Gasteiger partial charge in [-0.1, -0.05) is 23.7 Å². The molecule has 0 atom stereocenters. The molecule has 1 aliphatic heterocycles. The Morgan fingerprint density at radius 1 is 1.17 bits per heavy atom. The van der Waals surface area contributed by atoms with Gasteiger partial charge in [0.2, 0.25) is 0 Å². The summed E-state index contributed by atoms with van der Waals surface area (Å²) < 4.78 is 50.7. The Morgan fingerprint density at radius 2 is 1.78 bits per heavy atom. The standard InChI is InChI=1S/C15H11ClF4N2O/c16-12-5-10(15(18,19)20)6-21-13(12)22-7-14(23,8-22)9-1-3-11(17)4-2-9/h1-6,23H,7-8H2. The van der Waals surface area contributed by atoms with Crippen LogP contribution in [0.5, 0.6) is 0 Å². The summed E-state index contributed by atoms with van der Waals surface area (Å²) in [5.74, 6) is -0.243. The Balaban J connectivity index is 1.78. The van der Waals surface area contributed by atoms with Gasteiger partial charge in [-0.3, -0.25) is 0 Å². The minimum Gasteiger partial charge on any atom is -0.381 e. The number of nitrogens with zero attached hydrogens (tertiary/aromatic N) is 2. The molecule has 0 aliphatic carbocycles. The van der Waals surface area contributed by atoms with E-state index in [2.05, 4.69) is 4.98 Å². The number of halogens is 5. The fraction of sp³-hybridized carbons (Fsp3) is 0.267. The smallest absolute Gasteiger partial charge is 0.381 e. The maximum Gasteiger partial charge on any atom is 0.417 e. The van der Waals surface area contributed by atoms with Crippen LogP contribution in [0.15, 0.2) is 36.5 Å². The molecule has 3 rings (SSSR count). The number of pyridine rings is 1. The zero-order valence-electron chi connectivity index (χ0n) is 11.6. The van der Waals surface area contributed by atoms with Gasteiger partial charge in [0, 0.05) is 6.20 Å². The van der Waals surface area contributed by atoms with Crippen molar-refractivity contribution < 1.29 is 22.7 Å². The molecule has 23 heavy (non-hydrogen) atoms. The van der Waals surface area contributed by atoms with Crippen molar-refractivity contribution in [2.75, 3.05) is 18.0 Å². The number of hydrogen-bond donors (Lipinski definition) is 1. The summed E-state index contributed by atoms with van der Waals surface area (Å²) in [4.78, 5) is 5.30. The maximum atomic E-state index is 12.9. The highest BCUT2D eigenvalue weighted by Gasteiger charge is 2.44. The second-order valence-electron chi connectivity index (χ2n) is 5.42. The molecule has 1 fully saturated rings. The van der Waals surface area contributed by atoms with E-state index in [0.717, 1.165) is 6.07 Å². The molecular weight excluding hydrogens is 336 g/mol. The number of aliphatic hydroxyl groups is 1. The molecule has 0 unspecified atom stereocenters. The van der Waals surface area contributed by atoms with Crippen LogP contribution in [0.1, 0.15) is 11.1 Å². The van der Waals surface area contributed by atoms with E-state index in [1.807, 2.05) is 0 Å². The van der Waals surface area contributed by atoms with Crippen LogP contribution in [0.25, 0.3) is 0 Å². The van der Waals surface area contributed by atoms with Crippen LogP contribution in [-0.4, -0.2) is 23.2 Å². The highest BCUT2D eigenvalue weighted by Crippen LogP contribution is 2.39. The monoisotopic (exact) mass is 346 g/mol. The number of anilines is 1. The fourth-order valence-corrected chi connectivity index (χ4v) is 2.78. The molecule has 1 aliphatic rings. The summed E-state index contributed by atoms with van der Waals surface area (Å²) in [6, 6.07) is 6.21. The van der Waals surface area contributed by atoms with E-state index in [0.29, 0.717) is 11.8 Å². The van der Waals surface area contributed by atoms with E-state index in [1.165, 1.54) is 24.3 Å². The van der Waals surface area contributed by atoms with Gasteiger partial charge in [0.05, 0.1) is 23.7 Å². The number of benzene rings is 1. The lowest BCUT2D eigenvalue weighted by Crippen LogP contribution is -2.60. The van der Waals surface area contributed by atoms with E-state index in [9.17, 15) is 22.7 Å². The Hall–Kier alpha value is -1.86. The number of alkyl halides is 3. The van der Waals surface area contributed by atoms with Gasteiger partial charge in [0.25, 0.3) is 0 Å². The van der Waals surface area contributed by atoms with E-state index >= 15 is 0 Å². The topological polar surface area (TPSA) is 36.4 Å². The zero-order chi connectivity index (χ0) is 16.8. The quantitative estimate of drug-likeness (QED) is 0.844. The van der Waals surface area contributed by atoms with Gasteiger partial charge in [-0.2, -0.15) is 13.2 Å². The van der Waals surface area contributed by atoms with Crippen molar-refractivity contribution in [3.8, 4) is 0 Å². The maximum absolute atomic E-state index is 12.9. The van der Waals surface area contributed by atoms with Crippen LogP contribution >= 0.6 is 11.6 Å². The summed E-state index contributed by atoms with van der Waals surface area (Å²) in [5, 5.41) is 10.3. The Labute approximate surface area is 134 Å². The predicted molar refractivity (Wildman–Crippen MR) is 76.8 cm³/mol. The molecular formula is C15H11ClF4N2O. The van der Waals surface area contributed by atoms with Gasteiger partial charge < -0.3 is 10.0 Å². The zero-order valence-corrected chi connectivity index (χ0v) is 12.4. The lowest BCUT2D eigenvalue weighted by molar-refractivity contribution is -0.137. The SMILES string of the molecule is OC1(c2ccc(F)cc2)CN(c2ncc(C(F)(F)F)cc2Cl)C1. The van der Waals surface area contributed by atoms with Gasteiger partial charge in [-0.05, 0) is 23.8 Å². The molecule has 1 aromatic carbocycles. The third kappa shape index (κ3) is 2.98. The summed E-state index contributed by atoms with van der Waals surface area (Å²) >= 11 is 5.87. The third-order valence-electron chi connectivity index (χ3n) is 3.74. The van der Waals surface area contributed by atoms with Gasteiger partial charge >= 0.3 is 6.18 Å². The molecule has 0 bridgehead atoms. The molecule has 8 heteroatoms. The molecule has 1 saturated heterocycles. The highest BCUT2D eigenvalue weighted by molar-refractivity contribution is 6.33. The van der Waals surface area contributed by atoms with Gasteiger partial charge in [0.1, 0.15) is 17.2 Å². The van der Waals surface area contributed by atoms with Crippen molar-refractivity contribution in [3.63, 3.8) is 0 Å². The molecule has 0 spiro atoms. The van der Waals surface area contributed by atoms with Crippen molar-refractivity contribution in [3.05, 3.63) is 58.5 Å². The molecule has 122 valence electrons. The normalized spacial score (nSPS) is 17.0. The first kappa shape index (κ1) is 16.0. The van der Waals surface area contributed by atoms with Crippen molar-refractivity contribution >= 4 is 17.4 Å². The molecule has 1 N–H and O–H groups in total.